The Bertz CT molecular complexity index is 1070. The average molecular weight is 552 g/mol. The Kier molecular flexibility index (Phi) is 7.49. The number of fused-ring (bicyclic) bond motifs is 5. The maximum atomic E-state index is 13.5. The topological polar surface area (TPSA) is 71.0 Å². The van der Waals surface area contributed by atoms with Gasteiger partial charge in [-0.15, -0.1) is 0 Å². The molecule has 1 heterocycles. The molecule has 0 aromatic heterocycles. The van der Waals surface area contributed by atoms with Gasteiger partial charge < -0.3 is 10.2 Å². The van der Waals surface area contributed by atoms with E-state index in [9.17, 15) is 9.59 Å². The summed E-state index contributed by atoms with van der Waals surface area (Å²) in [5.74, 6) is 2.83. The summed E-state index contributed by atoms with van der Waals surface area (Å²) in [4.78, 5) is 33.5. The van der Waals surface area contributed by atoms with Gasteiger partial charge in [0.2, 0.25) is 0 Å². The van der Waals surface area contributed by atoms with Crippen LogP contribution in [0.25, 0.3) is 0 Å². The molecule has 222 valence electrons. The molecule has 0 spiro atoms. The maximum absolute atomic E-state index is 13.5. The van der Waals surface area contributed by atoms with E-state index >= 15 is 0 Å². The fourth-order valence-corrected chi connectivity index (χ4v) is 10.6. The van der Waals surface area contributed by atoms with E-state index in [-0.39, 0.29) is 28.4 Å². The quantitative estimate of drug-likeness (QED) is 0.221. The summed E-state index contributed by atoms with van der Waals surface area (Å²) in [6, 6.07) is 0.567. The van der Waals surface area contributed by atoms with Crippen LogP contribution < -0.4 is 5.32 Å². The van der Waals surface area contributed by atoms with E-state index < -0.39 is 0 Å². The molecule has 1 unspecified atom stereocenters. The van der Waals surface area contributed by atoms with Crippen molar-refractivity contribution in [2.45, 2.75) is 130 Å². The third-order valence-corrected chi connectivity index (χ3v) is 13.2. The van der Waals surface area contributed by atoms with Crippen molar-refractivity contribution in [1.82, 2.24) is 10.2 Å². The Labute approximate surface area is 242 Å². The van der Waals surface area contributed by atoms with Crippen LogP contribution in [0.2, 0.25) is 0 Å². The molecule has 1 N–H and O–H groups in total. The Morgan fingerprint density at radius 3 is 2.50 bits per heavy atom. The minimum absolute atomic E-state index is 0.183. The zero-order valence-corrected chi connectivity index (χ0v) is 25.8. The first-order valence-electron chi connectivity index (χ1n) is 16.5. The Morgan fingerprint density at radius 1 is 1.00 bits per heavy atom. The van der Waals surface area contributed by atoms with Crippen LogP contribution in [0, 0.1) is 39.9 Å². The highest BCUT2D eigenvalue weighted by Gasteiger charge is 2.59. The number of carbonyl (C=O) groups excluding carboxylic acids is 2. The summed E-state index contributed by atoms with van der Waals surface area (Å²) in [6.07, 6.45) is 16.3. The molecule has 6 heteroatoms. The van der Waals surface area contributed by atoms with Gasteiger partial charge in [0, 0.05) is 31.0 Å². The predicted octanol–water partition coefficient (Wildman–Crippen LogP) is 7.28. The van der Waals surface area contributed by atoms with E-state index in [2.05, 4.69) is 45.1 Å². The predicted molar refractivity (Wildman–Crippen MR) is 159 cm³/mol. The molecule has 1 amide bonds. The van der Waals surface area contributed by atoms with Gasteiger partial charge in [0.15, 0.2) is 5.78 Å². The zero-order valence-electron chi connectivity index (χ0n) is 25.8. The number of nitrogens with one attached hydrogen (secondary N) is 1. The van der Waals surface area contributed by atoms with Gasteiger partial charge in [0.1, 0.15) is 0 Å². The standard InChI is InChI=1S/C34H53N3O3/c1-22(36-40-31(39)37(24-8-6-7-9-24)21-30-32(2,3)18-19-35-30)27-12-13-28-26-11-10-23-20-25(38)14-16-33(23,4)29(26)15-17-34(27,28)5/h20,24,26-30,35H,6-19,21H2,1-5H3/b36-22+/t26-,27+,28-,29-,30?,33-,34+/m0/s1. The van der Waals surface area contributed by atoms with Gasteiger partial charge in [-0.05, 0) is 118 Å². The number of amides is 1. The minimum atomic E-state index is -0.259. The van der Waals surface area contributed by atoms with Crippen molar-refractivity contribution in [3.63, 3.8) is 0 Å². The number of ketones is 1. The number of oxime groups is 1. The number of carbonyl (C=O) groups is 2. The third kappa shape index (κ3) is 4.78. The second-order valence-electron chi connectivity index (χ2n) is 15.6. The van der Waals surface area contributed by atoms with Crippen LogP contribution in [0.4, 0.5) is 4.79 Å². The minimum Gasteiger partial charge on any atom is -0.312 e. The molecule has 0 aromatic rings. The molecule has 7 atom stereocenters. The van der Waals surface area contributed by atoms with Crippen LogP contribution in [0.3, 0.4) is 0 Å². The summed E-state index contributed by atoms with van der Waals surface area (Å²) >= 11 is 0. The van der Waals surface area contributed by atoms with Crippen molar-refractivity contribution in [3.05, 3.63) is 11.6 Å². The lowest BCUT2D eigenvalue weighted by Gasteiger charge is -2.58. The number of hydrogen-bond acceptors (Lipinski definition) is 5. The van der Waals surface area contributed by atoms with E-state index in [4.69, 9.17) is 4.84 Å². The molecule has 5 aliphatic carbocycles. The lowest BCUT2D eigenvalue weighted by molar-refractivity contribution is -0.117. The summed E-state index contributed by atoms with van der Waals surface area (Å²) < 4.78 is 0. The maximum Gasteiger partial charge on any atom is 0.436 e. The molecular formula is C34H53N3O3. The summed E-state index contributed by atoms with van der Waals surface area (Å²) in [6.45, 7) is 13.4. The lowest BCUT2D eigenvalue weighted by atomic mass is 9.46. The van der Waals surface area contributed by atoms with E-state index in [0.717, 1.165) is 63.1 Å². The highest BCUT2D eigenvalue weighted by molar-refractivity contribution is 5.91. The van der Waals surface area contributed by atoms with Crippen molar-refractivity contribution >= 4 is 17.6 Å². The summed E-state index contributed by atoms with van der Waals surface area (Å²) in [7, 11) is 0. The van der Waals surface area contributed by atoms with Crippen molar-refractivity contribution in [2.75, 3.05) is 13.1 Å². The van der Waals surface area contributed by atoms with Crippen LogP contribution in [-0.2, 0) is 9.63 Å². The van der Waals surface area contributed by atoms with Gasteiger partial charge in [0.05, 0.1) is 5.71 Å². The third-order valence-electron chi connectivity index (χ3n) is 13.2. The second-order valence-corrected chi connectivity index (χ2v) is 15.6. The van der Waals surface area contributed by atoms with Crippen molar-refractivity contribution in [2.24, 2.45) is 45.1 Å². The molecule has 40 heavy (non-hydrogen) atoms. The van der Waals surface area contributed by atoms with Crippen molar-refractivity contribution in [3.8, 4) is 0 Å². The first kappa shape index (κ1) is 28.4. The number of hydrogen-bond donors (Lipinski definition) is 1. The first-order valence-corrected chi connectivity index (χ1v) is 16.5. The summed E-state index contributed by atoms with van der Waals surface area (Å²) in [5.41, 5.74) is 3.06. The van der Waals surface area contributed by atoms with Gasteiger partial charge in [-0.1, -0.05) is 51.3 Å². The molecular weight excluding hydrogens is 498 g/mol. The van der Waals surface area contributed by atoms with Gasteiger partial charge in [0.25, 0.3) is 0 Å². The van der Waals surface area contributed by atoms with Crippen LogP contribution in [-0.4, -0.2) is 47.7 Å². The van der Waals surface area contributed by atoms with Crippen LogP contribution in [0.1, 0.15) is 118 Å². The molecule has 0 radical (unpaired) electrons. The molecule has 6 rings (SSSR count). The molecule has 1 saturated heterocycles. The number of allylic oxidation sites excluding steroid dienone is 1. The fourth-order valence-electron chi connectivity index (χ4n) is 10.6. The average Bonchev–Trinajstić information content (AvgIpc) is 3.64. The largest absolute Gasteiger partial charge is 0.436 e. The van der Waals surface area contributed by atoms with Gasteiger partial charge in [-0.2, -0.15) is 0 Å². The fraction of sp³-hybridized carbons (Fsp3) is 0.853. The Hall–Kier alpha value is -1.69. The molecule has 4 saturated carbocycles. The number of nitrogens with zero attached hydrogens (tertiary/aromatic N) is 2. The molecule has 6 aliphatic rings. The lowest BCUT2D eigenvalue weighted by Crippen LogP contribution is -2.51. The van der Waals surface area contributed by atoms with Crippen LogP contribution in [0.5, 0.6) is 0 Å². The Morgan fingerprint density at radius 2 is 1.77 bits per heavy atom. The zero-order chi connectivity index (χ0) is 28.3. The second kappa shape index (κ2) is 10.5. The van der Waals surface area contributed by atoms with Gasteiger partial charge in [-0.25, -0.2) is 4.79 Å². The molecule has 5 fully saturated rings. The van der Waals surface area contributed by atoms with Crippen LogP contribution >= 0.6 is 0 Å². The molecule has 1 aliphatic heterocycles. The van der Waals surface area contributed by atoms with Crippen molar-refractivity contribution < 1.29 is 14.4 Å². The SMILES string of the molecule is C/C(=N\OC(=O)N(CC1NCCC1(C)C)C1CCCC1)[C@H]1CC[C@H]2[C@@H]3CCC4=CC(=O)CC[C@]4(C)[C@H]3CC[C@]12C. The molecule has 0 bridgehead atoms. The smallest absolute Gasteiger partial charge is 0.312 e. The van der Waals surface area contributed by atoms with Crippen LogP contribution in [0.15, 0.2) is 16.8 Å². The Balaban J connectivity index is 1.15. The van der Waals surface area contributed by atoms with Crippen molar-refractivity contribution in [1.29, 1.82) is 0 Å². The summed E-state index contributed by atoms with van der Waals surface area (Å²) in [5, 5.41) is 8.24. The number of rotatable bonds is 5. The highest BCUT2D eigenvalue weighted by atomic mass is 16.7. The first-order chi connectivity index (χ1) is 19.0. The highest BCUT2D eigenvalue weighted by Crippen LogP contribution is 2.66. The van der Waals surface area contributed by atoms with Gasteiger partial charge in [-0.3, -0.25) is 9.63 Å². The monoisotopic (exact) mass is 551 g/mol. The molecule has 6 nitrogen and oxygen atoms in total. The van der Waals surface area contributed by atoms with E-state index in [1.54, 1.807) is 0 Å². The van der Waals surface area contributed by atoms with Gasteiger partial charge >= 0.3 is 6.09 Å². The van der Waals surface area contributed by atoms with E-state index in [0.29, 0.717) is 36.1 Å². The van der Waals surface area contributed by atoms with E-state index in [1.165, 1.54) is 44.1 Å². The van der Waals surface area contributed by atoms with E-state index in [1.807, 2.05) is 11.0 Å². The normalized spacial score (nSPS) is 41.2. The molecule has 0 aromatic carbocycles.